The number of hydrogen-bond acceptors (Lipinski definition) is 5. The number of hydrogen-bond donors (Lipinski definition) is 0. The topological polar surface area (TPSA) is 68.7 Å². The van der Waals surface area contributed by atoms with Gasteiger partial charge in [0.2, 0.25) is 5.88 Å². The van der Waals surface area contributed by atoms with Crippen molar-refractivity contribution in [2.45, 2.75) is 57.0 Å². The van der Waals surface area contributed by atoms with Gasteiger partial charge in [-0.25, -0.2) is 9.78 Å². The van der Waals surface area contributed by atoms with Crippen LogP contribution in [0.15, 0.2) is 42.6 Å². The van der Waals surface area contributed by atoms with E-state index < -0.39 is 29.6 Å². The van der Waals surface area contributed by atoms with Crippen molar-refractivity contribution in [1.82, 2.24) is 9.88 Å². The summed E-state index contributed by atoms with van der Waals surface area (Å²) in [5.74, 6) is -1.42. The number of piperidine rings is 2. The number of carbonyl (C=O) groups is 2. The molecule has 9 heteroatoms. The van der Waals surface area contributed by atoms with Crippen LogP contribution in [0.3, 0.4) is 0 Å². The first-order valence-corrected chi connectivity index (χ1v) is 10.9. The number of halogens is 3. The molecule has 2 atom stereocenters. The minimum absolute atomic E-state index is 0.0914. The van der Waals surface area contributed by atoms with E-state index in [0.29, 0.717) is 12.8 Å². The number of alkyl halides is 3. The van der Waals surface area contributed by atoms with Crippen molar-refractivity contribution in [3.8, 4) is 5.88 Å². The second-order valence-electron chi connectivity index (χ2n) is 8.50. The molecule has 2 aliphatic rings. The first-order chi connectivity index (χ1) is 15.8. The van der Waals surface area contributed by atoms with E-state index in [4.69, 9.17) is 9.47 Å². The molecule has 0 radical (unpaired) electrons. The fourth-order valence-electron chi connectivity index (χ4n) is 4.88. The van der Waals surface area contributed by atoms with Gasteiger partial charge in [0, 0.05) is 29.8 Å². The Hall–Kier alpha value is -3.10. The molecule has 0 aliphatic carbocycles. The molecular formula is C24H25F3N2O4. The lowest BCUT2D eigenvalue weighted by Gasteiger charge is -2.47. The Morgan fingerprint density at radius 1 is 1.12 bits per heavy atom. The van der Waals surface area contributed by atoms with Crippen molar-refractivity contribution in [2.75, 3.05) is 7.11 Å². The van der Waals surface area contributed by atoms with Gasteiger partial charge in [-0.15, -0.1) is 0 Å². The smallest absolute Gasteiger partial charge is 0.421 e. The van der Waals surface area contributed by atoms with Gasteiger partial charge in [0.1, 0.15) is 12.2 Å². The summed E-state index contributed by atoms with van der Waals surface area (Å²) in [5.41, 5.74) is -0.280. The highest BCUT2D eigenvalue weighted by molar-refractivity contribution is 5.98. The van der Waals surface area contributed by atoms with Crippen molar-refractivity contribution >= 4 is 11.9 Å². The molecule has 2 fully saturated rings. The van der Waals surface area contributed by atoms with Gasteiger partial charge in [0.05, 0.1) is 7.11 Å². The predicted octanol–water partition coefficient (Wildman–Crippen LogP) is 5.26. The Labute approximate surface area is 189 Å². The summed E-state index contributed by atoms with van der Waals surface area (Å²) in [5, 5.41) is 0. The molecule has 0 saturated carbocycles. The third-order valence-corrected chi connectivity index (χ3v) is 6.40. The molecule has 1 aromatic carbocycles. The average Bonchev–Trinajstić information content (AvgIpc) is 2.81. The summed E-state index contributed by atoms with van der Waals surface area (Å²) in [6.45, 7) is 0.162. The Morgan fingerprint density at radius 3 is 2.39 bits per heavy atom. The van der Waals surface area contributed by atoms with E-state index in [0.717, 1.165) is 44.2 Å². The van der Waals surface area contributed by atoms with E-state index in [1.54, 1.807) is 4.90 Å². The molecular weight excluding hydrogens is 437 g/mol. The monoisotopic (exact) mass is 462 g/mol. The zero-order valence-corrected chi connectivity index (χ0v) is 18.2. The lowest BCUT2D eigenvalue weighted by atomic mass is 9.76. The first-order valence-electron chi connectivity index (χ1n) is 10.9. The van der Waals surface area contributed by atoms with E-state index in [9.17, 15) is 22.8 Å². The second kappa shape index (κ2) is 9.41. The van der Waals surface area contributed by atoms with E-state index in [1.807, 2.05) is 30.3 Å². The van der Waals surface area contributed by atoms with Crippen LogP contribution in [0.5, 0.6) is 5.88 Å². The molecule has 0 N–H and O–H groups in total. The number of ketones is 1. The minimum Gasteiger partial charge on any atom is -0.481 e. The van der Waals surface area contributed by atoms with Crippen LogP contribution in [-0.2, 0) is 17.5 Å². The van der Waals surface area contributed by atoms with Crippen LogP contribution in [0.1, 0.15) is 53.6 Å². The lowest BCUT2D eigenvalue weighted by molar-refractivity contribution is -0.139. The average molecular weight is 462 g/mol. The van der Waals surface area contributed by atoms with Crippen LogP contribution >= 0.6 is 0 Å². The summed E-state index contributed by atoms with van der Waals surface area (Å²) >= 11 is 0. The van der Waals surface area contributed by atoms with Gasteiger partial charge < -0.3 is 14.4 Å². The maximum absolute atomic E-state index is 13.4. The third-order valence-electron chi connectivity index (χ3n) is 6.40. The fourth-order valence-corrected chi connectivity index (χ4v) is 4.88. The van der Waals surface area contributed by atoms with Crippen LogP contribution in [0.25, 0.3) is 0 Å². The van der Waals surface area contributed by atoms with Crippen molar-refractivity contribution in [1.29, 1.82) is 0 Å². The minimum atomic E-state index is -4.68. The summed E-state index contributed by atoms with van der Waals surface area (Å²) in [4.78, 5) is 31.4. The van der Waals surface area contributed by atoms with Gasteiger partial charge in [-0.05, 0) is 43.7 Å². The predicted molar refractivity (Wildman–Crippen MR) is 113 cm³/mol. The van der Waals surface area contributed by atoms with Gasteiger partial charge >= 0.3 is 12.3 Å². The summed E-state index contributed by atoms with van der Waals surface area (Å²) in [7, 11) is 1.10. The highest BCUT2D eigenvalue weighted by atomic mass is 19.4. The SMILES string of the molecule is COc1ncc(C(=O)C2CC3CCCC(C2)N3C(=O)OCc2ccccc2)cc1C(F)(F)F. The number of pyridine rings is 1. The van der Waals surface area contributed by atoms with E-state index in [2.05, 4.69) is 4.98 Å². The second-order valence-corrected chi connectivity index (χ2v) is 8.50. The number of carbonyl (C=O) groups excluding carboxylic acids is 2. The van der Waals surface area contributed by atoms with E-state index in [1.165, 1.54) is 0 Å². The number of nitrogens with zero attached hydrogens (tertiary/aromatic N) is 2. The molecule has 33 heavy (non-hydrogen) atoms. The van der Waals surface area contributed by atoms with Gasteiger partial charge in [-0.1, -0.05) is 30.3 Å². The zero-order valence-electron chi connectivity index (χ0n) is 18.2. The molecule has 2 saturated heterocycles. The molecule has 2 aliphatic heterocycles. The molecule has 2 bridgehead atoms. The lowest BCUT2D eigenvalue weighted by Crippen LogP contribution is -2.55. The Bertz CT molecular complexity index is 999. The number of rotatable bonds is 5. The number of benzene rings is 1. The first kappa shape index (κ1) is 23.1. The van der Waals surface area contributed by atoms with Crippen LogP contribution in [0, 0.1) is 5.92 Å². The van der Waals surface area contributed by atoms with Gasteiger partial charge in [0.25, 0.3) is 0 Å². The molecule has 6 nitrogen and oxygen atoms in total. The highest BCUT2D eigenvalue weighted by Crippen LogP contribution is 2.40. The van der Waals surface area contributed by atoms with Crippen molar-refractivity contribution in [3.05, 3.63) is 59.3 Å². The number of amides is 1. The number of aromatic nitrogens is 1. The van der Waals surface area contributed by atoms with E-state index >= 15 is 0 Å². The van der Waals surface area contributed by atoms with E-state index in [-0.39, 0.29) is 30.0 Å². The number of Topliss-reactive ketones (excluding diaryl/α,β-unsaturated/α-hetero) is 1. The molecule has 2 aromatic rings. The summed E-state index contributed by atoms with van der Waals surface area (Å²) < 4.78 is 50.3. The standard InChI is InChI=1S/C24H25F3N2O4/c1-32-22-20(24(25,26)27)12-17(13-28-22)21(30)16-10-18-8-5-9-19(11-16)29(18)23(31)33-14-15-6-3-2-4-7-15/h2-4,6-7,12-13,16,18-19H,5,8-11,14H2,1H3. The van der Waals surface area contributed by atoms with Crippen LogP contribution < -0.4 is 4.74 Å². The van der Waals surface area contributed by atoms with Crippen LogP contribution in [-0.4, -0.2) is 41.0 Å². The van der Waals surface area contributed by atoms with Crippen molar-refractivity contribution in [2.24, 2.45) is 5.92 Å². The molecule has 2 unspecified atom stereocenters. The molecule has 0 spiro atoms. The molecule has 3 heterocycles. The van der Waals surface area contributed by atoms with Crippen molar-refractivity contribution < 1.29 is 32.2 Å². The third kappa shape index (κ3) is 4.96. The number of ether oxygens (including phenoxy) is 2. The van der Waals surface area contributed by atoms with Gasteiger partial charge in [-0.2, -0.15) is 13.2 Å². The Kier molecular flexibility index (Phi) is 6.58. The maximum Gasteiger partial charge on any atom is 0.421 e. The fraction of sp³-hybridized carbons (Fsp3) is 0.458. The Balaban J connectivity index is 1.47. The summed E-state index contributed by atoms with van der Waals surface area (Å²) in [6, 6.07) is 9.82. The normalized spacial score (nSPS) is 22.5. The quantitative estimate of drug-likeness (QED) is 0.567. The van der Waals surface area contributed by atoms with Crippen molar-refractivity contribution in [3.63, 3.8) is 0 Å². The number of fused-ring (bicyclic) bond motifs is 2. The van der Waals surface area contributed by atoms with Crippen LogP contribution in [0.2, 0.25) is 0 Å². The molecule has 1 amide bonds. The molecule has 4 rings (SSSR count). The maximum atomic E-state index is 13.4. The molecule has 176 valence electrons. The molecule has 1 aromatic heterocycles. The highest BCUT2D eigenvalue weighted by Gasteiger charge is 2.44. The largest absolute Gasteiger partial charge is 0.481 e. The Morgan fingerprint density at radius 2 is 1.79 bits per heavy atom. The van der Waals surface area contributed by atoms with Gasteiger partial charge in [-0.3, -0.25) is 4.79 Å². The van der Waals surface area contributed by atoms with Gasteiger partial charge in [0.15, 0.2) is 5.78 Å². The zero-order chi connectivity index (χ0) is 23.6. The summed E-state index contributed by atoms with van der Waals surface area (Å²) in [6.07, 6.45) is -0.785. The van der Waals surface area contributed by atoms with Crippen LogP contribution in [0.4, 0.5) is 18.0 Å². The number of methoxy groups -OCH3 is 1.